The Morgan fingerprint density at radius 2 is 1.87 bits per heavy atom. The van der Waals surface area contributed by atoms with Gasteiger partial charge in [0.1, 0.15) is 15.7 Å². The van der Waals surface area contributed by atoms with Crippen LogP contribution in [0.1, 0.15) is 38.1 Å². The molecule has 2 aromatic heterocycles. The van der Waals surface area contributed by atoms with Gasteiger partial charge in [-0.25, -0.2) is 14.6 Å². The molecular weight excluding hydrogens is 418 g/mol. The first-order valence-electron chi connectivity index (χ1n) is 10.9. The van der Waals surface area contributed by atoms with Gasteiger partial charge in [0.25, 0.3) is 5.56 Å². The smallest absolute Gasteiger partial charge is 0.409 e. The van der Waals surface area contributed by atoms with E-state index in [4.69, 9.17) is 9.72 Å². The number of nitrogens with zero attached hydrogens (tertiary/aromatic N) is 4. The Hall–Kier alpha value is -2.62. The van der Waals surface area contributed by atoms with E-state index < -0.39 is 0 Å². The topological polar surface area (TPSA) is 96.8 Å². The molecule has 0 radical (unpaired) electrons. The highest BCUT2D eigenvalue weighted by atomic mass is 32.1. The molecule has 9 nitrogen and oxygen atoms in total. The molecule has 0 aliphatic carbocycles. The Labute approximate surface area is 185 Å². The Balaban J connectivity index is 1.50. The van der Waals surface area contributed by atoms with E-state index in [1.165, 1.54) is 11.3 Å². The summed E-state index contributed by atoms with van der Waals surface area (Å²) < 4.78 is 6.83. The minimum absolute atomic E-state index is 0.00796. The van der Waals surface area contributed by atoms with Gasteiger partial charge < -0.3 is 14.5 Å². The van der Waals surface area contributed by atoms with Crippen molar-refractivity contribution < 1.29 is 14.3 Å². The van der Waals surface area contributed by atoms with Crippen molar-refractivity contribution in [3.05, 3.63) is 21.7 Å². The van der Waals surface area contributed by atoms with Crippen LogP contribution in [0.4, 0.5) is 14.6 Å². The summed E-state index contributed by atoms with van der Waals surface area (Å²) in [4.78, 5) is 46.6. The number of hydrogen-bond acceptors (Lipinski definition) is 6. The average Bonchev–Trinajstić information content (AvgIpc) is 2.93. The Kier molecular flexibility index (Phi) is 6.17. The van der Waals surface area contributed by atoms with Gasteiger partial charge in [0.15, 0.2) is 0 Å². The number of urea groups is 1. The van der Waals surface area contributed by atoms with Gasteiger partial charge in [0.05, 0.1) is 12.0 Å². The molecular formula is C21H29N5O4S. The minimum atomic E-state index is -0.344. The fourth-order valence-corrected chi connectivity index (χ4v) is 5.23. The standard InChI is InChI=1S/C21H29N5O4S/c1-4-30-21(29)25-11-9-24(10-12-25)20(28)23-17-14(3)16-18(31-17)22-15-6-5-13(2)7-8-26(15)19(16)27/h13H,4-12H2,1-3H3,(H,23,28)/t13-/m0/s1. The summed E-state index contributed by atoms with van der Waals surface area (Å²) >= 11 is 1.36. The van der Waals surface area contributed by atoms with Crippen LogP contribution in [0.25, 0.3) is 10.2 Å². The van der Waals surface area contributed by atoms with Gasteiger partial charge in [-0.3, -0.25) is 14.7 Å². The highest BCUT2D eigenvalue weighted by Crippen LogP contribution is 2.33. The Morgan fingerprint density at radius 1 is 1.16 bits per heavy atom. The largest absolute Gasteiger partial charge is 0.450 e. The van der Waals surface area contributed by atoms with Crippen LogP contribution in [-0.2, 0) is 17.7 Å². The lowest BCUT2D eigenvalue weighted by Gasteiger charge is -2.33. The number of carbonyl (C=O) groups is 2. The van der Waals surface area contributed by atoms with Crippen LogP contribution in [0.2, 0.25) is 0 Å². The molecule has 3 amide bonds. The van der Waals surface area contributed by atoms with Gasteiger partial charge >= 0.3 is 12.1 Å². The predicted molar refractivity (Wildman–Crippen MR) is 120 cm³/mol. The molecule has 10 heteroatoms. The molecule has 0 unspecified atom stereocenters. The molecule has 31 heavy (non-hydrogen) atoms. The van der Waals surface area contributed by atoms with Crippen molar-refractivity contribution in [3.8, 4) is 0 Å². The van der Waals surface area contributed by atoms with Crippen molar-refractivity contribution in [3.63, 3.8) is 0 Å². The van der Waals surface area contributed by atoms with Crippen LogP contribution in [-0.4, -0.2) is 64.3 Å². The van der Waals surface area contributed by atoms with Gasteiger partial charge in [-0.1, -0.05) is 18.3 Å². The molecule has 2 aliphatic rings. The number of aromatic nitrogens is 2. The van der Waals surface area contributed by atoms with Crippen molar-refractivity contribution >= 4 is 38.7 Å². The molecule has 1 saturated heterocycles. The molecule has 4 rings (SSSR count). The molecule has 0 bridgehead atoms. The normalized spacial score (nSPS) is 19.1. The van der Waals surface area contributed by atoms with Crippen molar-refractivity contribution in [1.82, 2.24) is 19.4 Å². The fourth-order valence-electron chi connectivity index (χ4n) is 4.15. The molecule has 1 fully saturated rings. The van der Waals surface area contributed by atoms with Gasteiger partial charge in [-0.05, 0) is 38.2 Å². The van der Waals surface area contributed by atoms with E-state index in [2.05, 4.69) is 12.2 Å². The molecule has 0 aromatic carbocycles. The summed E-state index contributed by atoms with van der Waals surface area (Å²) in [5.41, 5.74) is 0.759. The summed E-state index contributed by atoms with van der Waals surface area (Å²) in [6, 6.07) is -0.228. The quantitative estimate of drug-likeness (QED) is 0.763. The van der Waals surface area contributed by atoms with E-state index in [1.54, 1.807) is 16.7 Å². The summed E-state index contributed by atoms with van der Waals surface area (Å²) in [7, 11) is 0. The second-order valence-electron chi connectivity index (χ2n) is 8.26. The lowest BCUT2D eigenvalue weighted by Crippen LogP contribution is -2.51. The van der Waals surface area contributed by atoms with Crippen molar-refractivity contribution in [2.75, 3.05) is 38.1 Å². The zero-order valence-electron chi connectivity index (χ0n) is 18.3. The molecule has 2 aromatic rings. The van der Waals surface area contributed by atoms with Crippen LogP contribution in [0.5, 0.6) is 0 Å². The number of amides is 3. The number of rotatable bonds is 2. The van der Waals surface area contributed by atoms with E-state index in [0.717, 1.165) is 30.7 Å². The zero-order valence-corrected chi connectivity index (χ0v) is 19.1. The first kappa shape index (κ1) is 21.6. The number of thiophene rings is 1. The molecule has 0 spiro atoms. The number of aryl methyl sites for hydroxylation is 2. The van der Waals surface area contributed by atoms with Crippen molar-refractivity contribution in [2.24, 2.45) is 5.92 Å². The lowest BCUT2D eigenvalue weighted by molar-refractivity contribution is 0.0869. The summed E-state index contributed by atoms with van der Waals surface area (Å²) in [6.07, 6.45) is 2.47. The van der Waals surface area contributed by atoms with Gasteiger partial charge in [0.2, 0.25) is 0 Å². The van der Waals surface area contributed by atoms with E-state index >= 15 is 0 Å². The third kappa shape index (κ3) is 4.26. The van der Waals surface area contributed by atoms with Gasteiger partial charge in [-0.2, -0.15) is 0 Å². The molecule has 2 aliphatic heterocycles. The second-order valence-corrected chi connectivity index (χ2v) is 9.26. The van der Waals surface area contributed by atoms with Crippen molar-refractivity contribution in [1.29, 1.82) is 0 Å². The average molecular weight is 448 g/mol. The van der Waals surface area contributed by atoms with Gasteiger partial charge in [0, 0.05) is 39.1 Å². The van der Waals surface area contributed by atoms with E-state index in [0.29, 0.717) is 60.5 Å². The van der Waals surface area contributed by atoms with Crippen LogP contribution in [0.3, 0.4) is 0 Å². The SMILES string of the molecule is CCOC(=O)N1CCN(C(=O)Nc2sc3nc4n(c(=O)c3c2C)CC[C@@H](C)CC4)CC1. The molecule has 1 atom stereocenters. The van der Waals surface area contributed by atoms with Crippen LogP contribution >= 0.6 is 11.3 Å². The second kappa shape index (κ2) is 8.86. The number of hydrogen-bond donors (Lipinski definition) is 1. The molecule has 168 valence electrons. The Bertz CT molecular complexity index is 1050. The zero-order chi connectivity index (χ0) is 22.1. The number of nitrogens with one attached hydrogen (secondary N) is 1. The minimum Gasteiger partial charge on any atom is -0.450 e. The van der Waals surface area contributed by atoms with E-state index in [9.17, 15) is 14.4 Å². The molecule has 1 N–H and O–H groups in total. The number of fused-ring (bicyclic) bond motifs is 2. The first-order valence-corrected chi connectivity index (χ1v) is 11.7. The maximum Gasteiger partial charge on any atom is 0.409 e. The maximum absolute atomic E-state index is 13.2. The third-order valence-electron chi connectivity index (χ3n) is 6.15. The number of piperazine rings is 1. The van der Waals surface area contributed by atoms with Gasteiger partial charge in [-0.15, -0.1) is 0 Å². The number of anilines is 1. The lowest BCUT2D eigenvalue weighted by atomic mass is 10.0. The predicted octanol–water partition coefficient (Wildman–Crippen LogP) is 3.04. The van der Waals surface area contributed by atoms with Crippen LogP contribution in [0, 0.1) is 12.8 Å². The molecule has 0 saturated carbocycles. The van der Waals surface area contributed by atoms with Crippen molar-refractivity contribution in [2.45, 2.75) is 46.6 Å². The fraction of sp³-hybridized carbons (Fsp3) is 0.619. The summed E-state index contributed by atoms with van der Waals surface area (Å²) in [5.74, 6) is 1.43. The van der Waals surface area contributed by atoms with Crippen LogP contribution < -0.4 is 10.9 Å². The third-order valence-corrected chi connectivity index (χ3v) is 7.25. The first-order chi connectivity index (χ1) is 14.9. The Morgan fingerprint density at radius 3 is 2.58 bits per heavy atom. The maximum atomic E-state index is 13.2. The van der Waals surface area contributed by atoms with Crippen LogP contribution in [0.15, 0.2) is 4.79 Å². The van der Waals surface area contributed by atoms with E-state index in [-0.39, 0.29) is 17.7 Å². The highest BCUT2D eigenvalue weighted by molar-refractivity contribution is 7.22. The number of carbonyl (C=O) groups excluding carboxylic acids is 2. The molecule has 4 heterocycles. The summed E-state index contributed by atoms with van der Waals surface area (Å²) in [5, 5.41) is 4.22. The summed E-state index contributed by atoms with van der Waals surface area (Å²) in [6.45, 7) is 8.61. The number of ether oxygens (including phenoxy) is 1. The highest BCUT2D eigenvalue weighted by Gasteiger charge is 2.26. The van der Waals surface area contributed by atoms with E-state index in [1.807, 2.05) is 11.5 Å². The monoisotopic (exact) mass is 447 g/mol.